The van der Waals surface area contributed by atoms with E-state index in [0.29, 0.717) is 6.54 Å². The third-order valence-corrected chi connectivity index (χ3v) is 2.85. The lowest BCUT2D eigenvalue weighted by Crippen LogP contribution is -2.19. The predicted octanol–water partition coefficient (Wildman–Crippen LogP) is 2.12. The van der Waals surface area contributed by atoms with Gasteiger partial charge in [-0.1, -0.05) is 31.2 Å². The van der Waals surface area contributed by atoms with Gasteiger partial charge in [0.2, 0.25) is 0 Å². The zero-order chi connectivity index (χ0) is 12.3. The molecule has 2 N–H and O–H groups in total. The van der Waals surface area contributed by atoms with E-state index >= 15 is 0 Å². The maximum absolute atomic E-state index is 9.54. The number of aromatic nitrogens is 2. The van der Waals surface area contributed by atoms with E-state index in [1.165, 1.54) is 0 Å². The van der Waals surface area contributed by atoms with Crippen LogP contribution in [0.4, 0.5) is 5.82 Å². The molecule has 0 bridgehead atoms. The van der Waals surface area contributed by atoms with Gasteiger partial charge in [-0.3, -0.25) is 0 Å². The fourth-order valence-electron chi connectivity index (χ4n) is 1.73. The van der Waals surface area contributed by atoms with Crippen molar-refractivity contribution < 1.29 is 5.11 Å². The van der Waals surface area contributed by atoms with E-state index in [9.17, 15) is 5.11 Å². The summed E-state index contributed by atoms with van der Waals surface area (Å²) in [6.07, 6.45) is 0.376. The van der Waals surface area contributed by atoms with Crippen LogP contribution in [-0.4, -0.2) is 28.0 Å². The smallest absolute Gasteiger partial charge is 0.156 e. The number of aliphatic hydroxyl groups is 1. The van der Waals surface area contributed by atoms with E-state index < -0.39 is 0 Å². The van der Waals surface area contributed by atoms with Gasteiger partial charge >= 0.3 is 0 Å². The van der Waals surface area contributed by atoms with Crippen LogP contribution in [0.25, 0.3) is 10.8 Å². The van der Waals surface area contributed by atoms with Gasteiger partial charge in [0.25, 0.3) is 0 Å². The lowest BCUT2D eigenvalue weighted by molar-refractivity contribution is 0.183. The molecule has 2 rings (SSSR count). The Morgan fingerprint density at radius 3 is 2.65 bits per heavy atom. The minimum absolute atomic E-state index is 0.350. The van der Waals surface area contributed by atoms with E-state index in [1.54, 1.807) is 0 Å². The number of fused-ring (bicyclic) bond motifs is 1. The van der Waals surface area contributed by atoms with Crippen molar-refractivity contribution in [3.05, 3.63) is 30.0 Å². The van der Waals surface area contributed by atoms with Gasteiger partial charge in [0.05, 0.1) is 11.8 Å². The fourth-order valence-corrected chi connectivity index (χ4v) is 1.73. The summed E-state index contributed by atoms with van der Waals surface area (Å²) in [6.45, 7) is 4.39. The number of hydrogen-bond donors (Lipinski definition) is 2. The molecule has 0 amide bonds. The summed E-state index contributed by atoms with van der Waals surface area (Å²) in [4.78, 5) is 0. The molecule has 0 radical (unpaired) electrons. The number of benzene rings is 1. The van der Waals surface area contributed by atoms with Gasteiger partial charge in [-0.05, 0) is 13.3 Å². The number of rotatable bonds is 4. The summed E-state index contributed by atoms with van der Waals surface area (Å²) in [5.41, 5.74) is 0.919. The van der Waals surface area contributed by atoms with Crippen molar-refractivity contribution in [2.24, 2.45) is 0 Å². The summed E-state index contributed by atoms with van der Waals surface area (Å²) in [5, 5.41) is 23.1. The molecule has 1 atom stereocenters. The van der Waals surface area contributed by atoms with E-state index in [1.807, 2.05) is 38.1 Å². The predicted molar refractivity (Wildman–Crippen MR) is 69.1 cm³/mol. The average molecular weight is 231 g/mol. The van der Waals surface area contributed by atoms with E-state index in [-0.39, 0.29) is 6.10 Å². The van der Waals surface area contributed by atoms with Gasteiger partial charge in [0.15, 0.2) is 5.82 Å². The molecular formula is C13H17N3O. The number of nitrogens with one attached hydrogen (secondary N) is 1. The first-order valence-corrected chi connectivity index (χ1v) is 5.86. The van der Waals surface area contributed by atoms with Gasteiger partial charge in [-0.15, -0.1) is 5.10 Å². The van der Waals surface area contributed by atoms with E-state index in [4.69, 9.17) is 0 Å². The molecule has 0 spiro atoms. The largest absolute Gasteiger partial charge is 0.391 e. The molecule has 0 saturated carbocycles. The highest BCUT2D eigenvalue weighted by molar-refractivity contribution is 5.92. The third kappa shape index (κ3) is 2.53. The molecule has 0 aliphatic carbocycles. The second kappa shape index (κ2) is 5.10. The highest BCUT2D eigenvalue weighted by Crippen LogP contribution is 2.22. The monoisotopic (exact) mass is 231 g/mol. The summed E-state index contributed by atoms with van der Waals surface area (Å²) < 4.78 is 0. The topological polar surface area (TPSA) is 58.0 Å². The van der Waals surface area contributed by atoms with Crippen LogP contribution in [-0.2, 0) is 0 Å². The SMILES string of the molecule is CCC(O)CNc1nnc(C)c2ccccc12. The molecular weight excluding hydrogens is 214 g/mol. The molecule has 1 unspecified atom stereocenters. The zero-order valence-corrected chi connectivity index (χ0v) is 10.1. The fraction of sp³-hybridized carbons (Fsp3) is 0.385. The molecule has 17 heavy (non-hydrogen) atoms. The normalized spacial score (nSPS) is 12.6. The summed E-state index contributed by atoms with van der Waals surface area (Å²) in [5.74, 6) is 0.735. The average Bonchev–Trinajstić information content (AvgIpc) is 2.38. The minimum atomic E-state index is -0.350. The molecule has 0 aliphatic rings. The first-order valence-electron chi connectivity index (χ1n) is 5.86. The Labute approximate surface area is 101 Å². The van der Waals surface area contributed by atoms with Gasteiger partial charge in [-0.2, -0.15) is 5.10 Å². The van der Waals surface area contributed by atoms with Crippen LogP contribution in [0.1, 0.15) is 19.0 Å². The number of aliphatic hydroxyl groups excluding tert-OH is 1. The Hall–Kier alpha value is -1.68. The van der Waals surface area contributed by atoms with Gasteiger partial charge < -0.3 is 10.4 Å². The maximum Gasteiger partial charge on any atom is 0.156 e. The van der Waals surface area contributed by atoms with Crippen molar-refractivity contribution in [1.82, 2.24) is 10.2 Å². The van der Waals surface area contributed by atoms with Gasteiger partial charge in [0, 0.05) is 17.3 Å². The Bertz CT molecular complexity index is 513. The lowest BCUT2D eigenvalue weighted by atomic mass is 10.1. The molecule has 0 saturated heterocycles. The van der Waals surface area contributed by atoms with Crippen molar-refractivity contribution >= 4 is 16.6 Å². The van der Waals surface area contributed by atoms with E-state index in [2.05, 4.69) is 15.5 Å². The van der Waals surface area contributed by atoms with Crippen LogP contribution in [0, 0.1) is 6.92 Å². The first-order chi connectivity index (χ1) is 8.22. The second-order valence-electron chi connectivity index (χ2n) is 4.12. The van der Waals surface area contributed by atoms with E-state index in [0.717, 1.165) is 28.7 Å². The van der Waals surface area contributed by atoms with Crippen LogP contribution < -0.4 is 5.32 Å². The second-order valence-corrected chi connectivity index (χ2v) is 4.12. The number of hydrogen-bond acceptors (Lipinski definition) is 4. The molecule has 1 aromatic carbocycles. The van der Waals surface area contributed by atoms with Crippen molar-refractivity contribution in [2.75, 3.05) is 11.9 Å². The number of aryl methyl sites for hydroxylation is 1. The molecule has 0 aliphatic heterocycles. The zero-order valence-electron chi connectivity index (χ0n) is 10.1. The summed E-state index contributed by atoms with van der Waals surface area (Å²) >= 11 is 0. The summed E-state index contributed by atoms with van der Waals surface area (Å²) in [6, 6.07) is 8.00. The standard InChI is InChI=1S/C13H17N3O/c1-3-10(17)8-14-13-12-7-5-4-6-11(12)9(2)15-16-13/h4-7,10,17H,3,8H2,1-2H3,(H,14,16). The van der Waals surface area contributed by atoms with Crippen molar-refractivity contribution in [2.45, 2.75) is 26.4 Å². The van der Waals surface area contributed by atoms with Crippen LogP contribution in [0.5, 0.6) is 0 Å². The van der Waals surface area contributed by atoms with Crippen molar-refractivity contribution in [3.63, 3.8) is 0 Å². The van der Waals surface area contributed by atoms with Crippen molar-refractivity contribution in [1.29, 1.82) is 0 Å². The van der Waals surface area contributed by atoms with Crippen LogP contribution >= 0.6 is 0 Å². The lowest BCUT2D eigenvalue weighted by Gasteiger charge is -2.12. The molecule has 1 heterocycles. The highest BCUT2D eigenvalue weighted by Gasteiger charge is 2.07. The summed E-state index contributed by atoms with van der Waals surface area (Å²) in [7, 11) is 0. The van der Waals surface area contributed by atoms with Crippen LogP contribution in [0.15, 0.2) is 24.3 Å². The Kier molecular flexibility index (Phi) is 3.54. The quantitative estimate of drug-likeness (QED) is 0.846. The Morgan fingerprint density at radius 1 is 1.24 bits per heavy atom. The molecule has 1 aromatic heterocycles. The minimum Gasteiger partial charge on any atom is -0.391 e. The molecule has 0 fully saturated rings. The van der Waals surface area contributed by atoms with Crippen LogP contribution in [0.3, 0.4) is 0 Å². The molecule has 90 valence electrons. The Balaban J connectivity index is 2.32. The first kappa shape index (κ1) is 11.8. The molecule has 2 aromatic rings. The Morgan fingerprint density at radius 2 is 1.94 bits per heavy atom. The molecule has 4 heteroatoms. The number of nitrogens with zero attached hydrogens (tertiary/aromatic N) is 2. The molecule has 4 nitrogen and oxygen atoms in total. The van der Waals surface area contributed by atoms with Crippen molar-refractivity contribution in [3.8, 4) is 0 Å². The number of anilines is 1. The van der Waals surface area contributed by atoms with Gasteiger partial charge in [-0.25, -0.2) is 0 Å². The van der Waals surface area contributed by atoms with Gasteiger partial charge in [0.1, 0.15) is 0 Å². The maximum atomic E-state index is 9.54. The highest BCUT2D eigenvalue weighted by atomic mass is 16.3. The van der Waals surface area contributed by atoms with Crippen LogP contribution in [0.2, 0.25) is 0 Å². The third-order valence-electron chi connectivity index (χ3n) is 2.85.